The summed E-state index contributed by atoms with van der Waals surface area (Å²) in [6.45, 7) is 5.06. The van der Waals surface area contributed by atoms with Crippen molar-refractivity contribution in [2.75, 3.05) is 19.8 Å². The van der Waals surface area contributed by atoms with Crippen molar-refractivity contribution in [1.82, 2.24) is 0 Å². The van der Waals surface area contributed by atoms with Crippen LogP contribution < -0.4 is 4.74 Å². The van der Waals surface area contributed by atoms with Crippen LogP contribution >= 0.6 is 0 Å². The highest BCUT2D eigenvalue weighted by atomic mass is 16.7. The fourth-order valence-corrected chi connectivity index (χ4v) is 1.45. The fourth-order valence-electron chi connectivity index (χ4n) is 1.45. The topological polar surface area (TPSA) is 47.9 Å². The maximum absolute atomic E-state index is 9.15. The highest BCUT2D eigenvalue weighted by Crippen LogP contribution is 2.17. The predicted molar refractivity (Wildman–Crippen MR) is 72.7 cm³/mol. The lowest BCUT2D eigenvalue weighted by molar-refractivity contribution is -0.0970. The van der Waals surface area contributed by atoms with E-state index in [-0.39, 0.29) is 13.2 Å². The summed E-state index contributed by atoms with van der Waals surface area (Å²) in [7, 11) is 0. The summed E-state index contributed by atoms with van der Waals surface area (Å²) in [5.41, 5.74) is 0.746. The average Bonchev–Trinajstić information content (AvgIpc) is 2.44. The second-order valence-corrected chi connectivity index (χ2v) is 3.62. The van der Waals surface area contributed by atoms with E-state index in [1.165, 1.54) is 0 Å². The number of para-hydroxylation sites is 1. The molecule has 0 bridgehead atoms. The SMILES string of the molecule is CCOC(C#CCOc1ccccc1CO)OCC. The van der Waals surface area contributed by atoms with Crippen LogP contribution in [0.5, 0.6) is 5.75 Å². The molecule has 0 atom stereocenters. The Balaban J connectivity index is 2.48. The normalized spacial score (nSPS) is 10.1. The van der Waals surface area contributed by atoms with Gasteiger partial charge in [-0.15, -0.1) is 0 Å². The van der Waals surface area contributed by atoms with Crippen molar-refractivity contribution >= 4 is 0 Å². The van der Waals surface area contributed by atoms with Crippen molar-refractivity contribution in [3.8, 4) is 17.6 Å². The van der Waals surface area contributed by atoms with Crippen LogP contribution in [0, 0.1) is 11.8 Å². The van der Waals surface area contributed by atoms with Gasteiger partial charge >= 0.3 is 0 Å². The number of hydrogen-bond donors (Lipinski definition) is 1. The molecule has 19 heavy (non-hydrogen) atoms. The lowest BCUT2D eigenvalue weighted by Gasteiger charge is -2.10. The van der Waals surface area contributed by atoms with Crippen LogP contribution in [-0.2, 0) is 16.1 Å². The Bertz CT molecular complexity index is 414. The van der Waals surface area contributed by atoms with Crippen molar-refractivity contribution in [2.24, 2.45) is 0 Å². The summed E-state index contributed by atoms with van der Waals surface area (Å²) in [6, 6.07) is 7.32. The van der Waals surface area contributed by atoms with Gasteiger partial charge in [-0.3, -0.25) is 0 Å². The zero-order chi connectivity index (χ0) is 13.9. The summed E-state index contributed by atoms with van der Waals surface area (Å²) >= 11 is 0. The molecule has 0 saturated carbocycles. The highest BCUT2D eigenvalue weighted by Gasteiger charge is 2.02. The molecule has 104 valence electrons. The molecule has 1 aromatic carbocycles. The second kappa shape index (κ2) is 9.40. The average molecular weight is 264 g/mol. The molecule has 0 aliphatic carbocycles. The molecule has 1 rings (SSSR count). The van der Waals surface area contributed by atoms with Gasteiger partial charge in [-0.25, -0.2) is 0 Å². The summed E-state index contributed by atoms with van der Waals surface area (Å²) in [6.07, 6.45) is -0.508. The quantitative estimate of drug-likeness (QED) is 0.604. The zero-order valence-corrected chi connectivity index (χ0v) is 11.4. The van der Waals surface area contributed by atoms with E-state index in [1.54, 1.807) is 6.07 Å². The van der Waals surface area contributed by atoms with E-state index in [2.05, 4.69) is 11.8 Å². The summed E-state index contributed by atoms with van der Waals surface area (Å²) in [5, 5.41) is 9.15. The number of rotatable bonds is 7. The number of aliphatic hydroxyl groups excluding tert-OH is 1. The maximum atomic E-state index is 9.15. The van der Waals surface area contributed by atoms with Gasteiger partial charge in [-0.1, -0.05) is 24.1 Å². The molecule has 0 aliphatic heterocycles. The molecule has 0 amide bonds. The Morgan fingerprint density at radius 3 is 2.47 bits per heavy atom. The molecular formula is C15H20O4. The Morgan fingerprint density at radius 2 is 1.84 bits per heavy atom. The van der Waals surface area contributed by atoms with Gasteiger partial charge in [0, 0.05) is 18.8 Å². The third kappa shape index (κ3) is 5.75. The van der Waals surface area contributed by atoms with Gasteiger partial charge in [0.25, 0.3) is 0 Å². The predicted octanol–water partition coefficient (Wildman–Crippen LogP) is 1.96. The summed E-state index contributed by atoms with van der Waals surface area (Å²) < 4.78 is 16.1. The van der Waals surface area contributed by atoms with E-state index in [4.69, 9.17) is 19.3 Å². The molecule has 0 aliphatic rings. The van der Waals surface area contributed by atoms with Crippen molar-refractivity contribution in [2.45, 2.75) is 26.7 Å². The van der Waals surface area contributed by atoms with Gasteiger partial charge in [-0.05, 0) is 25.8 Å². The number of hydrogen-bond acceptors (Lipinski definition) is 4. The molecule has 0 spiro atoms. The molecule has 4 nitrogen and oxygen atoms in total. The first-order valence-corrected chi connectivity index (χ1v) is 6.35. The Kier molecular flexibility index (Phi) is 7.68. The van der Waals surface area contributed by atoms with Gasteiger partial charge in [0.2, 0.25) is 6.29 Å². The molecule has 0 saturated heterocycles. The first kappa shape index (κ1) is 15.5. The second-order valence-electron chi connectivity index (χ2n) is 3.62. The third-order valence-electron chi connectivity index (χ3n) is 2.30. The van der Waals surface area contributed by atoms with Crippen LogP contribution in [0.4, 0.5) is 0 Å². The summed E-state index contributed by atoms with van der Waals surface area (Å²) in [5.74, 6) is 6.34. The molecule has 0 radical (unpaired) electrons. The highest BCUT2D eigenvalue weighted by molar-refractivity contribution is 5.32. The van der Waals surface area contributed by atoms with Crippen LogP contribution in [0.2, 0.25) is 0 Å². The van der Waals surface area contributed by atoms with Crippen LogP contribution in [0.25, 0.3) is 0 Å². The Hall–Kier alpha value is -1.54. The van der Waals surface area contributed by atoms with E-state index >= 15 is 0 Å². The molecule has 0 aromatic heterocycles. The smallest absolute Gasteiger partial charge is 0.222 e. The molecule has 0 heterocycles. The molecule has 4 heteroatoms. The first-order valence-electron chi connectivity index (χ1n) is 6.35. The van der Waals surface area contributed by atoms with Gasteiger partial charge < -0.3 is 19.3 Å². The van der Waals surface area contributed by atoms with Crippen molar-refractivity contribution in [3.63, 3.8) is 0 Å². The van der Waals surface area contributed by atoms with Gasteiger partial charge in [0.05, 0.1) is 6.61 Å². The fraction of sp³-hybridized carbons (Fsp3) is 0.467. The van der Waals surface area contributed by atoms with E-state index in [1.807, 2.05) is 32.0 Å². The van der Waals surface area contributed by atoms with Crippen LogP contribution in [0.1, 0.15) is 19.4 Å². The van der Waals surface area contributed by atoms with E-state index in [9.17, 15) is 0 Å². The van der Waals surface area contributed by atoms with E-state index < -0.39 is 6.29 Å². The van der Waals surface area contributed by atoms with Gasteiger partial charge in [-0.2, -0.15) is 0 Å². The lowest BCUT2D eigenvalue weighted by Crippen LogP contribution is -2.15. The number of benzene rings is 1. The largest absolute Gasteiger partial charge is 0.481 e. The molecule has 1 N–H and O–H groups in total. The standard InChI is InChI=1S/C15H20O4/c1-3-17-15(18-4-2)10-7-11-19-14-9-6-5-8-13(14)12-16/h5-6,8-9,15-16H,3-4,11-12H2,1-2H3. The van der Waals surface area contributed by atoms with Gasteiger partial charge in [0.1, 0.15) is 12.4 Å². The van der Waals surface area contributed by atoms with Crippen molar-refractivity contribution in [3.05, 3.63) is 29.8 Å². The summed E-state index contributed by atoms with van der Waals surface area (Å²) in [4.78, 5) is 0. The lowest BCUT2D eigenvalue weighted by atomic mass is 10.2. The Labute approximate surface area is 114 Å². The third-order valence-corrected chi connectivity index (χ3v) is 2.30. The molecular weight excluding hydrogens is 244 g/mol. The van der Waals surface area contributed by atoms with Crippen LogP contribution in [0.3, 0.4) is 0 Å². The minimum atomic E-state index is -0.508. The van der Waals surface area contributed by atoms with Crippen molar-refractivity contribution in [1.29, 1.82) is 0 Å². The number of ether oxygens (including phenoxy) is 3. The first-order chi connectivity index (χ1) is 9.31. The van der Waals surface area contributed by atoms with Gasteiger partial charge in [0.15, 0.2) is 0 Å². The molecule has 0 fully saturated rings. The van der Waals surface area contributed by atoms with Crippen LogP contribution in [0.15, 0.2) is 24.3 Å². The monoisotopic (exact) mass is 264 g/mol. The van der Waals surface area contributed by atoms with Crippen LogP contribution in [-0.4, -0.2) is 31.2 Å². The van der Waals surface area contributed by atoms with E-state index in [0.29, 0.717) is 19.0 Å². The van der Waals surface area contributed by atoms with E-state index in [0.717, 1.165) is 5.56 Å². The Morgan fingerprint density at radius 1 is 1.16 bits per heavy atom. The maximum Gasteiger partial charge on any atom is 0.222 e. The minimum Gasteiger partial charge on any atom is -0.481 e. The zero-order valence-electron chi connectivity index (χ0n) is 11.4. The molecule has 1 aromatic rings. The van der Waals surface area contributed by atoms with Crippen molar-refractivity contribution < 1.29 is 19.3 Å². The molecule has 0 unspecified atom stereocenters. The minimum absolute atomic E-state index is 0.0515. The number of aliphatic hydroxyl groups is 1.